The van der Waals surface area contributed by atoms with Gasteiger partial charge in [-0.2, -0.15) is 0 Å². The van der Waals surface area contributed by atoms with Crippen molar-refractivity contribution < 1.29 is 19.2 Å². The lowest BCUT2D eigenvalue weighted by atomic mass is 10.2. The van der Waals surface area contributed by atoms with Crippen LogP contribution in [0.4, 0.5) is 5.69 Å². The van der Waals surface area contributed by atoms with E-state index in [1.54, 1.807) is 30.3 Å². The average Bonchev–Trinajstić information content (AvgIpc) is 3.01. The fourth-order valence-corrected chi connectivity index (χ4v) is 2.49. The number of hydrogen-bond donors (Lipinski definition) is 0. The Hall–Kier alpha value is -3.45. The van der Waals surface area contributed by atoms with Crippen LogP contribution in [0, 0.1) is 10.1 Å². The van der Waals surface area contributed by atoms with Crippen LogP contribution in [0.2, 0.25) is 5.02 Å². The molecule has 27 heavy (non-hydrogen) atoms. The van der Waals surface area contributed by atoms with Crippen molar-refractivity contribution in [2.75, 3.05) is 6.61 Å². The Bertz CT molecular complexity index is 980. The molecule has 0 bridgehead atoms. The minimum Gasteiger partial charge on any atom is -0.490 e. The van der Waals surface area contributed by atoms with Crippen molar-refractivity contribution in [3.63, 3.8) is 0 Å². The number of carbonyl (C=O) groups is 1. The normalized spacial score (nSPS) is 14.6. The van der Waals surface area contributed by atoms with Gasteiger partial charge in [-0.05, 0) is 29.8 Å². The molecule has 8 heteroatoms. The highest BCUT2D eigenvalue weighted by atomic mass is 35.5. The van der Waals surface area contributed by atoms with Gasteiger partial charge in [-0.3, -0.25) is 10.1 Å². The number of cyclic esters (lactones) is 1. The van der Waals surface area contributed by atoms with Crippen molar-refractivity contribution in [3.8, 4) is 5.75 Å². The van der Waals surface area contributed by atoms with Gasteiger partial charge in [-0.15, -0.1) is 0 Å². The number of benzene rings is 2. The molecule has 7 nitrogen and oxygen atoms in total. The molecule has 2 aromatic rings. The smallest absolute Gasteiger partial charge is 0.363 e. The summed E-state index contributed by atoms with van der Waals surface area (Å²) < 4.78 is 10.5. The van der Waals surface area contributed by atoms with Crippen LogP contribution in [0.1, 0.15) is 11.1 Å². The van der Waals surface area contributed by atoms with Crippen LogP contribution in [0.3, 0.4) is 0 Å². The van der Waals surface area contributed by atoms with Crippen LogP contribution in [0.5, 0.6) is 5.75 Å². The Kier molecular flexibility index (Phi) is 5.33. The topological polar surface area (TPSA) is 91.0 Å². The zero-order valence-electron chi connectivity index (χ0n) is 13.9. The second-order valence-corrected chi connectivity index (χ2v) is 5.83. The first-order chi connectivity index (χ1) is 13.0. The highest BCUT2D eigenvalue weighted by Crippen LogP contribution is 2.27. The molecule has 0 saturated heterocycles. The van der Waals surface area contributed by atoms with Gasteiger partial charge in [0.1, 0.15) is 12.4 Å². The first-order valence-corrected chi connectivity index (χ1v) is 8.16. The van der Waals surface area contributed by atoms with Crippen molar-refractivity contribution in [2.45, 2.75) is 0 Å². The SMILES string of the molecule is C=CCOc1ccc(/C=C2/N=C(c3cc([N+](=O)[O-])ccc3Cl)OC2=O)cc1. The number of nitro groups is 1. The standard InChI is InChI=1S/C19H13ClN2O5/c1-2-9-26-14-6-3-12(4-7-14)10-17-19(23)27-18(21-17)15-11-13(22(24)25)5-8-16(15)20/h2-8,10-11H,1,9H2/b17-10+. The molecule has 0 spiro atoms. The van der Waals surface area contributed by atoms with Crippen molar-refractivity contribution >= 4 is 35.2 Å². The molecule has 0 fully saturated rings. The number of esters is 1. The van der Waals surface area contributed by atoms with Gasteiger partial charge in [-0.25, -0.2) is 9.79 Å². The predicted octanol–water partition coefficient (Wildman–Crippen LogP) is 4.16. The maximum atomic E-state index is 12.1. The number of aliphatic imine (C=N–C) groups is 1. The molecular weight excluding hydrogens is 372 g/mol. The lowest BCUT2D eigenvalue weighted by molar-refractivity contribution is -0.384. The quantitative estimate of drug-likeness (QED) is 0.245. The van der Waals surface area contributed by atoms with Crippen molar-refractivity contribution in [1.29, 1.82) is 0 Å². The Morgan fingerprint density at radius 2 is 2.00 bits per heavy atom. The zero-order valence-corrected chi connectivity index (χ0v) is 14.7. The summed E-state index contributed by atoms with van der Waals surface area (Å²) >= 11 is 6.06. The Morgan fingerprint density at radius 3 is 2.67 bits per heavy atom. The molecule has 1 aliphatic heterocycles. The molecule has 0 aliphatic carbocycles. The van der Waals surface area contributed by atoms with Crippen LogP contribution in [0.25, 0.3) is 6.08 Å². The average molecular weight is 385 g/mol. The highest BCUT2D eigenvalue weighted by molar-refractivity contribution is 6.34. The summed E-state index contributed by atoms with van der Waals surface area (Å²) in [6.45, 7) is 3.97. The minimum atomic E-state index is -0.667. The van der Waals surface area contributed by atoms with E-state index in [1.807, 2.05) is 0 Å². The Labute approximate surface area is 159 Å². The van der Waals surface area contributed by atoms with E-state index in [-0.39, 0.29) is 27.9 Å². The van der Waals surface area contributed by atoms with E-state index in [2.05, 4.69) is 11.6 Å². The van der Waals surface area contributed by atoms with E-state index in [1.165, 1.54) is 24.3 Å². The van der Waals surface area contributed by atoms with E-state index in [9.17, 15) is 14.9 Å². The second-order valence-electron chi connectivity index (χ2n) is 5.43. The van der Waals surface area contributed by atoms with E-state index < -0.39 is 10.9 Å². The van der Waals surface area contributed by atoms with Crippen molar-refractivity contribution in [3.05, 3.63) is 87.1 Å². The van der Waals surface area contributed by atoms with Gasteiger partial charge >= 0.3 is 5.97 Å². The van der Waals surface area contributed by atoms with E-state index in [0.717, 1.165) is 0 Å². The monoisotopic (exact) mass is 384 g/mol. The number of ether oxygens (including phenoxy) is 2. The van der Waals surface area contributed by atoms with Crippen LogP contribution in [-0.4, -0.2) is 23.4 Å². The molecule has 1 heterocycles. The van der Waals surface area contributed by atoms with Crippen LogP contribution < -0.4 is 4.74 Å². The van der Waals surface area contributed by atoms with Crippen molar-refractivity contribution in [2.24, 2.45) is 4.99 Å². The molecular formula is C19H13ClN2O5. The number of rotatable bonds is 6. The third-order valence-electron chi connectivity index (χ3n) is 3.56. The summed E-state index contributed by atoms with van der Waals surface area (Å²) in [6, 6.07) is 10.8. The summed E-state index contributed by atoms with van der Waals surface area (Å²) in [5.74, 6) is -0.0796. The minimum absolute atomic E-state index is 0.0623. The number of nitrogens with zero attached hydrogens (tertiary/aromatic N) is 2. The molecule has 0 aromatic heterocycles. The molecule has 0 N–H and O–H groups in total. The predicted molar refractivity (Wildman–Crippen MR) is 101 cm³/mol. The summed E-state index contributed by atoms with van der Waals surface area (Å²) in [5, 5.41) is 11.1. The molecule has 136 valence electrons. The number of halogens is 1. The fourth-order valence-electron chi connectivity index (χ4n) is 2.29. The van der Waals surface area contributed by atoms with Crippen LogP contribution in [0.15, 0.2) is 65.8 Å². The largest absolute Gasteiger partial charge is 0.490 e. The van der Waals surface area contributed by atoms with Gasteiger partial charge in [0.2, 0.25) is 5.90 Å². The molecule has 3 rings (SSSR count). The molecule has 0 unspecified atom stereocenters. The van der Waals surface area contributed by atoms with Crippen LogP contribution >= 0.6 is 11.6 Å². The van der Waals surface area contributed by atoms with Crippen LogP contribution in [-0.2, 0) is 9.53 Å². The lowest BCUT2D eigenvalue weighted by Crippen LogP contribution is -2.06. The number of carbonyl (C=O) groups excluding carboxylic acids is 1. The van der Waals surface area contributed by atoms with Gasteiger partial charge in [0.05, 0.1) is 15.5 Å². The maximum absolute atomic E-state index is 12.1. The third-order valence-corrected chi connectivity index (χ3v) is 3.89. The number of nitro benzene ring substituents is 1. The highest BCUT2D eigenvalue weighted by Gasteiger charge is 2.27. The molecule has 2 aromatic carbocycles. The summed E-state index contributed by atoms with van der Waals surface area (Å²) in [4.78, 5) is 26.6. The maximum Gasteiger partial charge on any atom is 0.363 e. The van der Waals surface area contributed by atoms with E-state index >= 15 is 0 Å². The van der Waals surface area contributed by atoms with Gasteiger partial charge < -0.3 is 9.47 Å². The van der Waals surface area contributed by atoms with E-state index in [4.69, 9.17) is 21.1 Å². The van der Waals surface area contributed by atoms with Gasteiger partial charge in [-0.1, -0.05) is 36.4 Å². The summed E-state index contributed by atoms with van der Waals surface area (Å²) in [7, 11) is 0. The third kappa shape index (κ3) is 4.21. The zero-order chi connectivity index (χ0) is 19.4. The first-order valence-electron chi connectivity index (χ1n) is 7.78. The molecule has 0 atom stereocenters. The lowest BCUT2D eigenvalue weighted by Gasteiger charge is -2.02. The Balaban J connectivity index is 1.88. The molecule has 0 amide bonds. The molecule has 1 aliphatic rings. The number of non-ortho nitro benzene ring substituents is 1. The second kappa shape index (κ2) is 7.84. The summed E-state index contributed by atoms with van der Waals surface area (Å²) in [6.07, 6.45) is 3.18. The van der Waals surface area contributed by atoms with Gasteiger partial charge in [0.25, 0.3) is 5.69 Å². The van der Waals surface area contributed by atoms with Gasteiger partial charge in [0, 0.05) is 12.1 Å². The van der Waals surface area contributed by atoms with Crippen molar-refractivity contribution in [1.82, 2.24) is 0 Å². The summed E-state index contributed by atoms with van der Waals surface area (Å²) in [5.41, 5.74) is 0.770. The molecule has 0 saturated carbocycles. The number of hydrogen-bond acceptors (Lipinski definition) is 6. The fraction of sp³-hybridized carbons (Fsp3) is 0.0526. The Morgan fingerprint density at radius 1 is 1.26 bits per heavy atom. The first kappa shape index (κ1) is 18.3. The van der Waals surface area contributed by atoms with E-state index in [0.29, 0.717) is 17.9 Å². The molecule has 0 radical (unpaired) electrons. The van der Waals surface area contributed by atoms with Gasteiger partial charge in [0.15, 0.2) is 5.70 Å².